The van der Waals surface area contributed by atoms with E-state index in [1.54, 1.807) is 18.3 Å². The molecule has 0 bridgehead atoms. The molecule has 0 amide bonds. The number of anilines is 1. The zero-order chi connectivity index (χ0) is 8.60. The first-order chi connectivity index (χ1) is 5.71. The summed E-state index contributed by atoms with van der Waals surface area (Å²) < 4.78 is 4.90. The molecule has 13 heavy (non-hydrogen) atoms. The third kappa shape index (κ3) is 1.75. The van der Waals surface area contributed by atoms with Crippen LogP contribution in [0.15, 0.2) is 18.3 Å². The van der Waals surface area contributed by atoms with Gasteiger partial charge in [-0.05, 0) is 12.1 Å². The van der Waals surface area contributed by atoms with Gasteiger partial charge in [0.15, 0.2) is 5.60 Å². The fourth-order valence-electron chi connectivity index (χ4n) is 1.14. The quantitative estimate of drug-likeness (QED) is 0.688. The number of rotatable bonds is 1. The van der Waals surface area contributed by atoms with E-state index in [2.05, 4.69) is 4.98 Å². The predicted molar refractivity (Wildman–Crippen MR) is 50.6 cm³/mol. The molecule has 3 N–H and O–H groups in total. The van der Waals surface area contributed by atoms with Gasteiger partial charge >= 0.3 is 0 Å². The largest absolute Gasteiger partial charge is 0.399 e. The van der Waals surface area contributed by atoms with E-state index >= 15 is 0 Å². The van der Waals surface area contributed by atoms with E-state index in [0.717, 1.165) is 0 Å². The number of hydrogen-bond acceptors (Lipinski definition) is 4. The lowest BCUT2D eigenvalue weighted by Crippen LogP contribution is -2.47. The first kappa shape index (κ1) is 10.2. The molecule has 0 unspecified atom stereocenters. The number of aliphatic hydroxyl groups is 1. The molecule has 72 valence electrons. The maximum atomic E-state index is 9.76. The molecule has 2 heterocycles. The number of pyridine rings is 1. The minimum absolute atomic E-state index is 0. The second-order valence-electron chi connectivity index (χ2n) is 3.00. The number of nitrogens with two attached hydrogens (primary N) is 1. The maximum Gasteiger partial charge on any atom is 0.153 e. The zero-order valence-electron chi connectivity index (χ0n) is 6.93. The van der Waals surface area contributed by atoms with Gasteiger partial charge in [-0.25, -0.2) is 0 Å². The number of halogens is 1. The van der Waals surface area contributed by atoms with Crippen molar-refractivity contribution in [2.75, 3.05) is 18.9 Å². The third-order valence-corrected chi connectivity index (χ3v) is 1.94. The average Bonchev–Trinajstić information content (AvgIpc) is 2.00. The van der Waals surface area contributed by atoms with Gasteiger partial charge in [0.05, 0.1) is 18.9 Å². The molecule has 1 aliphatic rings. The molecule has 0 aromatic carbocycles. The summed E-state index contributed by atoms with van der Waals surface area (Å²) >= 11 is 0. The predicted octanol–water partition coefficient (Wildman–Crippen LogP) is 0.303. The van der Waals surface area contributed by atoms with E-state index in [1.807, 2.05) is 0 Å². The number of aromatic nitrogens is 1. The van der Waals surface area contributed by atoms with Gasteiger partial charge < -0.3 is 15.6 Å². The Morgan fingerprint density at radius 3 is 2.69 bits per heavy atom. The molecular formula is C8H11ClN2O2. The highest BCUT2D eigenvalue weighted by atomic mass is 35.5. The topological polar surface area (TPSA) is 68.4 Å². The normalized spacial score (nSPS) is 18.5. The second-order valence-corrected chi connectivity index (χ2v) is 3.00. The summed E-state index contributed by atoms with van der Waals surface area (Å²) in [6.07, 6.45) is 1.58. The lowest BCUT2D eigenvalue weighted by atomic mass is 9.97. The Balaban J connectivity index is 0.000000845. The number of nitrogen functional groups attached to an aromatic ring is 1. The van der Waals surface area contributed by atoms with Crippen molar-refractivity contribution in [3.05, 3.63) is 24.0 Å². The van der Waals surface area contributed by atoms with Crippen LogP contribution < -0.4 is 5.73 Å². The molecule has 1 saturated heterocycles. The van der Waals surface area contributed by atoms with Crippen molar-refractivity contribution >= 4 is 18.1 Å². The highest BCUT2D eigenvalue weighted by molar-refractivity contribution is 5.85. The lowest BCUT2D eigenvalue weighted by Gasteiger charge is -2.35. The summed E-state index contributed by atoms with van der Waals surface area (Å²) in [6, 6.07) is 3.36. The summed E-state index contributed by atoms with van der Waals surface area (Å²) in [5.74, 6) is 0. The van der Waals surface area contributed by atoms with Crippen LogP contribution in [-0.2, 0) is 10.3 Å². The van der Waals surface area contributed by atoms with Crippen LogP contribution in [0, 0.1) is 0 Å². The highest BCUT2D eigenvalue weighted by Gasteiger charge is 2.39. The van der Waals surface area contributed by atoms with Crippen molar-refractivity contribution in [1.82, 2.24) is 4.98 Å². The molecule has 1 fully saturated rings. The molecular weight excluding hydrogens is 192 g/mol. The number of ether oxygens (including phenoxy) is 1. The van der Waals surface area contributed by atoms with Crippen LogP contribution in [-0.4, -0.2) is 23.3 Å². The van der Waals surface area contributed by atoms with Crippen LogP contribution in [0.3, 0.4) is 0 Å². The van der Waals surface area contributed by atoms with E-state index < -0.39 is 5.60 Å². The molecule has 0 atom stereocenters. The Morgan fingerprint density at radius 2 is 2.23 bits per heavy atom. The summed E-state index contributed by atoms with van der Waals surface area (Å²) in [7, 11) is 0. The van der Waals surface area contributed by atoms with Crippen LogP contribution in [0.4, 0.5) is 5.69 Å². The van der Waals surface area contributed by atoms with Gasteiger partial charge in [0.25, 0.3) is 0 Å². The van der Waals surface area contributed by atoms with Crippen LogP contribution in [0.2, 0.25) is 0 Å². The van der Waals surface area contributed by atoms with Gasteiger partial charge in [-0.1, -0.05) is 0 Å². The SMILES string of the molecule is Cl.Nc1ccnc(C2(O)COC2)c1. The minimum Gasteiger partial charge on any atom is -0.399 e. The fourth-order valence-corrected chi connectivity index (χ4v) is 1.14. The molecule has 0 saturated carbocycles. The Labute approximate surface area is 82.1 Å². The Morgan fingerprint density at radius 1 is 1.54 bits per heavy atom. The second kappa shape index (κ2) is 3.49. The number of hydrogen-bond donors (Lipinski definition) is 2. The average molecular weight is 203 g/mol. The van der Waals surface area contributed by atoms with Crippen LogP contribution in [0.1, 0.15) is 5.69 Å². The molecule has 5 heteroatoms. The maximum absolute atomic E-state index is 9.76. The van der Waals surface area contributed by atoms with E-state index in [4.69, 9.17) is 10.5 Å². The van der Waals surface area contributed by atoms with E-state index in [0.29, 0.717) is 24.6 Å². The van der Waals surface area contributed by atoms with E-state index in [-0.39, 0.29) is 12.4 Å². The number of nitrogens with zero attached hydrogens (tertiary/aromatic N) is 1. The van der Waals surface area contributed by atoms with Gasteiger partial charge in [-0.15, -0.1) is 12.4 Å². The summed E-state index contributed by atoms with van der Waals surface area (Å²) in [5, 5.41) is 9.76. The van der Waals surface area contributed by atoms with Gasteiger partial charge in [-0.3, -0.25) is 4.98 Å². The molecule has 0 spiro atoms. The van der Waals surface area contributed by atoms with Crippen LogP contribution in [0.5, 0.6) is 0 Å². The van der Waals surface area contributed by atoms with Crippen molar-refractivity contribution in [2.24, 2.45) is 0 Å². The van der Waals surface area contributed by atoms with Crippen molar-refractivity contribution in [1.29, 1.82) is 0 Å². The molecule has 0 aliphatic carbocycles. The third-order valence-electron chi connectivity index (χ3n) is 1.94. The van der Waals surface area contributed by atoms with Crippen molar-refractivity contribution in [2.45, 2.75) is 5.60 Å². The molecule has 1 aliphatic heterocycles. The first-order valence-electron chi connectivity index (χ1n) is 3.73. The van der Waals surface area contributed by atoms with Gasteiger partial charge in [0.1, 0.15) is 0 Å². The summed E-state index contributed by atoms with van der Waals surface area (Å²) in [4.78, 5) is 4.02. The Kier molecular flexibility index (Phi) is 2.75. The van der Waals surface area contributed by atoms with Crippen molar-refractivity contribution in [3.63, 3.8) is 0 Å². The van der Waals surface area contributed by atoms with Crippen molar-refractivity contribution < 1.29 is 9.84 Å². The van der Waals surface area contributed by atoms with E-state index in [9.17, 15) is 5.11 Å². The smallest absolute Gasteiger partial charge is 0.153 e. The standard InChI is InChI=1S/C8H10N2O2.ClH/c9-6-1-2-10-7(3-6)8(11)4-12-5-8;/h1-3,11H,4-5H2,(H2,9,10);1H. The molecule has 4 nitrogen and oxygen atoms in total. The Hall–Kier alpha value is -0.840. The summed E-state index contributed by atoms with van der Waals surface area (Å²) in [6.45, 7) is 0.618. The van der Waals surface area contributed by atoms with E-state index in [1.165, 1.54) is 0 Å². The fraction of sp³-hybridized carbons (Fsp3) is 0.375. The lowest BCUT2D eigenvalue weighted by molar-refractivity contribution is -0.186. The highest BCUT2D eigenvalue weighted by Crippen LogP contribution is 2.28. The minimum atomic E-state index is -0.907. The van der Waals surface area contributed by atoms with Gasteiger partial charge in [-0.2, -0.15) is 0 Å². The van der Waals surface area contributed by atoms with Crippen LogP contribution in [0.25, 0.3) is 0 Å². The zero-order valence-corrected chi connectivity index (χ0v) is 7.75. The molecule has 1 aromatic rings. The first-order valence-corrected chi connectivity index (χ1v) is 3.73. The van der Waals surface area contributed by atoms with Crippen LogP contribution >= 0.6 is 12.4 Å². The van der Waals surface area contributed by atoms with Gasteiger partial charge in [0.2, 0.25) is 0 Å². The molecule has 0 radical (unpaired) electrons. The summed E-state index contributed by atoms with van der Waals surface area (Å²) in [5.41, 5.74) is 5.84. The van der Waals surface area contributed by atoms with Crippen molar-refractivity contribution in [3.8, 4) is 0 Å². The molecule has 2 rings (SSSR count). The monoisotopic (exact) mass is 202 g/mol. The Bertz CT molecular complexity index is 302. The molecule has 1 aromatic heterocycles. The van der Waals surface area contributed by atoms with Gasteiger partial charge in [0, 0.05) is 11.9 Å².